The van der Waals surface area contributed by atoms with Crippen LogP contribution in [0.4, 0.5) is 0 Å². The Morgan fingerprint density at radius 2 is 1.45 bits per heavy atom. The first-order valence-electron chi connectivity index (χ1n) is 8.86. The number of esters is 1. The average molecular weight is 384 g/mol. The lowest BCUT2D eigenvalue weighted by molar-refractivity contribution is 0.0600. The zero-order chi connectivity index (χ0) is 20.4. The second kappa shape index (κ2) is 7.52. The Morgan fingerprint density at radius 3 is 2.17 bits per heavy atom. The van der Waals surface area contributed by atoms with Gasteiger partial charge >= 0.3 is 11.9 Å². The molecule has 0 saturated heterocycles. The molecule has 3 aromatic carbocycles. The SMILES string of the molecule is COC(=O)c1ccc2nc(-c3ccccc3)c(-c3cccc(C(=O)O)c3)nc2c1. The Balaban J connectivity index is 1.99. The molecule has 0 amide bonds. The van der Waals surface area contributed by atoms with Crippen LogP contribution >= 0.6 is 0 Å². The van der Waals surface area contributed by atoms with Crippen molar-refractivity contribution in [2.75, 3.05) is 7.11 Å². The molecule has 6 nitrogen and oxygen atoms in total. The summed E-state index contributed by atoms with van der Waals surface area (Å²) in [6.45, 7) is 0. The minimum Gasteiger partial charge on any atom is -0.478 e. The number of aromatic carboxylic acids is 1. The molecule has 4 rings (SSSR count). The van der Waals surface area contributed by atoms with Gasteiger partial charge in [-0.3, -0.25) is 0 Å². The molecule has 29 heavy (non-hydrogen) atoms. The predicted molar refractivity (Wildman–Crippen MR) is 109 cm³/mol. The number of methoxy groups -OCH3 is 1. The number of benzene rings is 3. The first kappa shape index (κ1) is 18.3. The Bertz CT molecular complexity index is 1240. The van der Waals surface area contributed by atoms with Crippen LogP contribution in [0.3, 0.4) is 0 Å². The van der Waals surface area contributed by atoms with Crippen molar-refractivity contribution in [1.29, 1.82) is 0 Å². The summed E-state index contributed by atoms with van der Waals surface area (Å²) in [5.74, 6) is -1.48. The van der Waals surface area contributed by atoms with Gasteiger partial charge in [-0.25, -0.2) is 19.6 Å². The second-order valence-electron chi connectivity index (χ2n) is 6.37. The Labute approximate surface area is 166 Å². The zero-order valence-electron chi connectivity index (χ0n) is 15.5. The fourth-order valence-electron chi connectivity index (χ4n) is 3.10. The number of hydrogen-bond donors (Lipinski definition) is 1. The first-order valence-corrected chi connectivity index (χ1v) is 8.86. The number of carboxylic acids is 1. The fourth-order valence-corrected chi connectivity index (χ4v) is 3.10. The minimum atomic E-state index is -1.02. The molecule has 0 radical (unpaired) electrons. The summed E-state index contributed by atoms with van der Waals surface area (Å²) < 4.78 is 4.78. The van der Waals surface area contributed by atoms with Crippen molar-refractivity contribution in [3.8, 4) is 22.5 Å². The molecule has 6 heteroatoms. The quantitative estimate of drug-likeness (QED) is 0.523. The summed E-state index contributed by atoms with van der Waals surface area (Å²) in [6, 6.07) is 21.1. The maximum absolute atomic E-state index is 11.9. The summed E-state index contributed by atoms with van der Waals surface area (Å²) in [7, 11) is 1.32. The Morgan fingerprint density at radius 1 is 0.759 bits per heavy atom. The van der Waals surface area contributed by atoms with Gasteiger partial charge in [-0.05, 0) is 30.3 Å². The number of carbonyl (C=O) groups excluding carboxylic acids is 1. The number of aromatic nitrogens is 2. The molecule has 0 atom stereocenters. The van der Waals surface area contributed by atoms with Crippen LogP contribution in [0.1, 0.15) is 20.7 Å². The summed E-state index contributed by atoms with van der Waals surface area (Å²) >= 11 is 0. The van der Waals surface area contributed by atoms with Crippen molar-refractivity contribution < 1.29 is 19.4 Å². The van der Waals surface area contributed by atoms with E-state index in [1.807, 2.05) is 30.3 Å². The van der Waals surface area contributed by atoms with Crippen molar-refractivity contribution in [3.63, 3.8) is 0 Å². The van der Waals surface area contributed by atoms with E-state index in [1.165, 1.54) is 13.2 Å². The van der Waals surface area contributed by atoms with Crippen LogP contribution in [0.15, 0.2) is 72.8 Å². The summed E-state index contributed by atoms with van der Waals surface area (Å²) in [5, 5.41) is 9.35. The third-order valence-corrected chi connectivity index (χ3v) is 4.52. The van der Waals surface area contributed by atoms with Gasteiger partial charge in [0.2, 0.25) is 0 Å². The lowest BCUT2D eigenvalue weighted by Gasteiger charge is -2.11. The topological polar surface area (TPSA) is 89.4 Å². The van der Waals surface area contributed by atoms with Crippen molar-refractivity contribution in [1.82, 2.24) is 9.97 Å². The lowest BCUT2D eigenvalue weighted by atomic mass is 10.0. The van der Waals surface area contributed by atoms with Crippen molar-refractivity contribution >= 4 is 23.0 Å². The number of carboxylic acid groups (broad SMARTS) is 1. The van der Waals surface area contributed by atoms with Gasteiger partial charge in [0.15, 0.2) is 0 Å². The van der Waals surface area contributed by atoms with Gasteiger partial charge in [-0.1, -0.05) is 42.5 Å². The van der Waals surface area contributed by atoms with Gasteiger partial charge in [0.25, 0.3) is 0 Å². The van der Waals surface area contributed by atoms with E-state index in [-0.39, 0.29) is 5.56 Å². The molecule has 0 bridgehead atoms. The normalized spacial score (nSPS) is 10.7. The van der Waals surface area contributed by atoms with Crippen molar-refractivity contribution in [2.24, 2.45) is 0 Å². The molecule has 142 valence electrons. The highest BCUT2D eigenvalue weighted by Gasteiger charge is 2.16. The maximum Gasteiger partial charge on any atom is 0.337 e. The molecule has 0 aliphatic carbocycles. The lowest BCUT2D eigenvalue weighted by Crippen LogP contribution is -2.02. The van der Waals surface area contributed by atoms with E-state index in [0.717, 1.165) is 5.56 Å². The van der Waals surface area contributed by atoms with Crippen LogP contribution in [0.25, 0.3) is 33.5 Å². The molecular formula is C23H16N2O4. The summed E-state index contributed by atoms with van der Waals surface area (Å²) in [4.78, 5) is 32.8. The molecule has 0 fully saturated rings. The highest BCUT2D eigenvalue weighted by molar-refractivity contribution is 5.95. The van der Waals surface area contributed by atoms with Crippen LogP contribution in [0, 0.1) is 0 Å². The molecule has 4 aromatic rings. The average Bonchev–Trinajstić information content (AvgIpc) is 2.78. The van der Waals surface area contributed by atoms with Gasteiger partial charge in [0.05, 0.1) is 40.7 Å². The zero-order valence-corrected chi connectivity index (χ0v) is 15.5. The van der Waals surface area contributed by atoms with Gasteiger partial charge in [0.1, 0.15) is 0 Å². The number of carbonyl (C=O) groups is 2. The van der Waals surface area contributed by atoms with E-state index < -0.39 is 11.9 Å². The molecular weight excluding hydrogens is 368 g/mol. The van der Waals surface area contributed by atoms with Crippen LogP contribution in [-0.4, -0.2) is 34.1 Å². The fraction of sp³-hybridized carbons (Fsp3) is 0.0435. The van der Waals surface area contributed by atoms with E-state index in [2.05, 4.69) is 0 Å². The van der Waals surface area contributed by atoms with Gasteiger partial charge in [0, 0.05) is 11.1 Å². The summed E-state index contributed by atoms with van der Waals surface area (Å²) in [5.41, 5.74) is 4.31. The molecule has 1 N–H and O–H groups in total. The minimum absolute atomic E-state index is 0.159. The van der Waals surface area contributed by atoms with Crippen LogP contribution in [0.5, 0.6) is 0 Å². The monoisotopic (exact) mass is 384 g/mol. The smallest absolute Gasteiger partial charge is 0.337 e. The van der Waals surface area contributed by atoms with Crippen molar-refractivity contribution in [2.45, 2.75) is 0 Å². The van der Waals surface area contributed by atoms with E-state index in [0.29, 0.717) is 33.5 Å². The number of nitrogens with zero attached hydrogens (tertiary/aromatic N) is 2. The van der Waals surface area contributed by atoms with Crippen LogP contribution < -0.4 is 0 Å². The van der Waals surface area contributed by atoms with E-state index >= 15 is 0 Å². The van der Waals surface area contributed by atoms with Crippen molar-refractivity contribution in [3.05, 3.63) is 83.9 Å². The summed E-state index contributed by atoms with van der Waals surface area (Å²) in [6.07, 6.45) is 0. The number of ether oxygens (including phenoxy) is 1. The third-order valence-electron chi connectivity index (χ3n) is 4.52. The Hall–Kier alpha value is -4.06. The maximum atomic E-state index is 11.9. The van der Waals surface area contributed by atoms with Gasteiger partial charge < -0.3 is 9.84 Å². The van der Waals surface area contributed by atoms with E-state index in [9.17, 15) is 14.7 Å². The molecule has 0 unspecified atom stereocenters. The van der Waals surface area contributed by atoms with Gasteiger partial charge in [-0.2, -0.15) is 0 Å². The standard InChI is InChI=1S/C23H16N2O4/c1-29-23(28)17-10-11-18-19(13-17)25-21(15-8-5-9-16(12-15)22(26)27)20(24-18)14-6-3-2-4-7-14/h2-13H,1H3,(H,26,27). The van der Waals surface area contributed by atoms with Gasteiger partial charge in [-0.15, -0.1) is 0 Å². The van der Waals surface area contributed by atoms with Crippen LogP contribution in [-0.2, 0) is 4.74 Å². The predicted octanol–water partition coefficient (Wildman–Crippen LogP) is 4.45. The molecule has 0 saturated carbocycles. The first-order chi connectivity index (χ1) is 14.1. The third kappa shape index (κ3) is 3.55. The molecule has 1 heterocycles. The second-order valence-corrected chi connectivity index (χ2v) is 6.37. The molecule has 0 aliphatic rings. The van der Waals surface area contributed by atoms with E-state index in [4.69, 9.17) is 14.7 Å². The van der Waals surface area contributed by atoms with Crippen LogP contribution in [0.2, 0.25) is 0 Å². The largest absolute Gasteiger partial charge is 0.478 e. The Kier molecular flexibility index (Phi) is 4.75. The molecule has 0 spiro atoms. The molecule has 0 aliphatic heterocycles. The highest BCUT2D eigenvalue weighted by Crippen LogP contribution is 2.31. The number of hydrogen-bond acceptors (Lipinski definition) is 5. The highest BCUT2D eigenvalue weighted by atomic mass is 16.5. The van der Waals surface area contributed by atoms with E-state index in [1.54, 1.807) is 36.4 Å². The molecule has 1 aromatic heterocycles. The number of fused-ring (bicyclic) bond motifs is 1. The number of rotatable bonds is 4.